The number of sulfonamides is 1. The smallest absolute Gasteiger partial charge is 0.243 e. The molecule has 0 aromatic heterocycles. The molecule has 0 radical (unpaired) electrons. The van der Waals surface area contributed by atoms with E-state index < -0.39 is 10.0 Å². The Balaban J connectivity index is 1.75. The summed E-state index contributed by atoms with van der Waals surface area (Å²) in [5.41, 5.74) is 1.63. The van der Waals surface area contributed by atoms with Crippen LogP contribution in [0.5, 0.6) is 0 Å². The first-order valence-corrected chi connectivity index (χ1v) is 10.5. The fourth-order valence-electron chi connectivity index (χ4n) is 3.73. The Hall–Kier alpha value is -1.60. The molecule has 0 aliphatic carbocycles. The highest BCUT2D eigenvalue weighted by molar-refractivity contribution is 7.92. The van der Waals surface area contributed by atoms with Crippen molar-refractivity contribution in [2.24, 2.45) is 5.41 Å². The minimum atomic E-state index is -3.53. The van der Waals surface area contributed by atoms with E-state index >= 15 is 0 Å². The summed E-state index contributed by atoms with van der Waals surface area (Å²) in [4.78, 5) is 14.6. The van der Waals surface area contributed by atoms with Gasteiger partial charge in [0.2, 0.25) is 15.9 Å². The van der Waals surface area contributed by atoms with Crippen LogP contribution in [-0.2, 0) is 19.6 Å². The molecule has 2 saturated heterocycles. The molecule has 3 rings (SSSR count). The van der Waals surface area contributed by atoms with E-state index in [4.69, 9.17) is 4.74 Å². The number of benzene rings is 1. The number of anilines is 1. The number of hydrogen-bond acceptors (Lipinski definition) is 4. The molecule has 7 heteroatoms. The zero-order valence-electron chi connectivity index (χ0n) is 14.9. The molecule has 1 amide bonds. The van der Waals surface area contributed by atoms with Gasteiger partial charge in [-0.15, -0.1) is 0 Å². The minimum Gasteiger partial charge on any atom is -0.381 e. The lowest BCUT2D eigenvalue weighted by molar-refractivity contribution is -0.133. The Morgan fingerprint density at radius 3 is 2.60 bits per heavy atom. The van der Waals surface area contributed by atoms with E-state index in [0.717, 1.165) is 37.7 Å². The molecule has 138 valence electrons. The van der Waals surface area contributed by atoms with Gasteiger partial charge in [0.1, 0.15) is 6.54 Å². The number of carbonyl (C=O) groups excluding carboxylic acids is 1. The van der Waals surface area contributed by atoms with E-state index in [0.29, 0.717) is 25.4 Å². The van der Waals surface area contributed by atoms with Gasteiger partial charge in [-0.3, -0.25) is 9.10 Å². The third-order valence-corrected chi connectivity index (χ3v) is 6.34. The Bertz CT molecular complexity index is 724. The van der Waals surface area contributed by atoms with E-state index in [2.05, 4.69) is 0 Å². The van der Waals surface area contributed by atoms with Gasteiger partial charge >= 0.3 is 0 Å². The maximum atomic E-state index is 12.8. The van der Waals surface area contributed by atoms with Crippen LogP contribution in [0.15, 0.2) is 24.3 Å². The summed E-state index contributed by atoms with van der Waals surface area (Å²) in [7, 11) is -3.53. The van der Waals surface area contributed by atoms with Gasteiger partial charge in [0, 0.05) is 25.1 Å². The van der Waals surface area contributed by atoms with Gasteiger partial charge in [-0.25, -0.2) is 8.42 Å². The predicted octanol–water partition coefficient (Wildman–Crippen LogP) is 1.79. The lowest BCUT2D eigenvalue weighted by Gasteiger charge is -2.40. The average Bonchev–Trinajstić information content (AvgIpc) is 3.00. The number of likely N-dealkylation sites (tertiary alicyclic amines) is 1. The topological polar surface area (TPSA) is 66.9 Å². The number of carbonyl (C=O) groups is 1. The number of rotatable bonds is 4. The maximum Gasteiger partial charge on any atom is 0.243 e. The van der Waals surface area contributed by atoms with Crippen LogP contribution < -0.4 is 4.31 Å². The van der Waals surface area contributed by atoms with E-state index in [1.165, 1.54) is 4.31 Å². The lowest BCUT2D eigenvalue weighted by atomic mass is 9.79. The van der Waals surface area contributed by atoms with Crippen molar-refractivity contribution in [3.63, 3.8) is 0 Å². The number of amides is 1. The molecular weight excluding hydrogens is 340 g/mol. The van der Waals surface area contributed by atoms with Crippen LogP contribution in [0.25, 0.3) is 0 Å². The molecule has 0 bridgehead atoms. The van der Waals surface area contributed by atoms with Crippen molar-refractivity contribution in [1.29, 1.82) is 0 Å². The summed E-state index contributed by atoms with van der Waals surface area (Å²) >= 11 is 0. The minimum absolute atomic E-state index is 0.0632. The van der Waals surface area contributed by atoms with Crippen molar-refractivity contribution in [2.45, 2.75) is 26.2 Å². The molecule has 1 spiro atoms. The molecule has 2 heterocycles. The molecule has 2 aliphatic rings. The van der Waals surface area contributed by atoms with Crippen molar-refractivity contribution in [3.05, 3.63) is 29.8 Å². The van der Waals surface area contributed by atoms with Crippen molar-refractivity contribution in [2.75, 3.05) is 43.4 Å². The fraction of sp³-hybridized carbons (Fsp3) is 0.611. The Kier molecular flexibility index (Phi) is 5.06. The van der Waals surface area contributed by atoms with E-state index in [9.17, 15) is 13.2 Å². The van der Waals surface area contributed by atoms with Crippen LogP contribution in [0.4, 0.5) is 5.69 Å². The van der Waals surface area contributed by atoms with Gasteiger partial charge in [-0.05, 0) is 38.3 Å². The molecule has 0 saturated carbocycles. The SMILES string of the molecule is Cc1ccc(N(CC(=O)N2CCCC3(CCOC3)C2)S(C)(=O)=O)cc1. The van der Waals surface area contributed by atoms with Crippen LogP contribution in [0.3, 0.4) is 0 Å². The lowest BCUT2D eigenvalue weighted by Crippen LogP contribution is -2.50. The molecule has 1 aromatic carbocycles. The normalized spacial score (nSPS) is 23.8. The summed E-state index contributed by atoms with van der Waals surface area (Å²) in [5.74, 6) is -0.142. The van der Waals surface area contributed by atoms with E-state index in [1.807, 2.05) is 24.0 Å². The molecular formula is C18H26N2O4S. The zero-order chi connectivity index (χ0) is 18.1. The van der Waals surface area contributed by atoms with Crippen LogP contribution >= 0.6 is 0 Å². The van der Waals surface area contributed by atoms with Crippen LogP contribution in [0.1, 0.15) is 24.8 Å². The summed E-state index contributed by atoms with van der Waals surface area (Å²) in [5, 5.41) is 0. The van der Waals surface area contributed by atoms with Gasteiger partial charge in [0.05, 0.1) is 18.6 Å². The molecule has 25 heavy (non-hydrogen) atoms. The first-order valence-electron chi connectivity index (χ1n) is 8.69. The van der Waals surface area contributed by atoms with Gasteiger partial charge < -0.3 is 9.64 Å². The quantitative estimate of drug-likeness (QED) is 0.815. The molecule has 2 aliphatic heterocycles. The Morgan fingerprint density at radius 2 is 2.00 bits per heavy atom. The van der Waals surface area contributed by atoms with E-state index in [-0.39, 0.29) is 17.9 Å². The molecule has 6 nitrogen and oxygen atoms in total. The second kappa shape index (κ2) is 6.96. The Labute approximate surface area is 149 Å². The fourth-order valence-corrected chi connectivity index (χ4v) is 4.58. The first-order chi connectivity index (χ1) is 11.8. The van der Waals surface area contributed by atoms with Gasteiger partial charge in [0.15, 0.2) is 0 Å². The second-order valence-electron chi connectivity index (χ2n) is 7.33. The first kappa shape index (κ1) is 18.2. The number of ether oxygens (including phenoxy) is 1. The van der Waals surface area contributed by atoms with Crippen molar-refractivity contribution < 1.29 is 17.9 Å². The highest BCUT2D eigenvalue weighted by Gasteiger charge is 2.40. The number of piperidine rings is 1. The third kappa shape index (κ3) is 4.15. The van der Waals surface area contributed by atoms with Gasteiger partial charge in [0.25, 0.3) is 0 Å². The molecule has 0 N–H and O–H groups in total. The molecule has 1 unspecified atom stereocenters. The van der Waals surface area contributed by atoms with Crippen LogP contribution in [0, 0.1) is 12.3 Å². The Morgan fingerprint density at radius 1 is 1.28 bits per heavy atom. The summed E-state index contributed by atoms with van der Waals surface area (Å²) in [6, 6.07) is 7.19. The maximum absolute atomic E-state index is 12.8. The summed E-state index contributed by atoms with van der Waals surface area (Å²) in [6.07, 6.45) is 4.14. The number of aryl methyl sites for hydroxylation is 1. The molecule has 1 aromatic rings. The third-order valence-electron chi connectivity index (χ3n) is 5.20. The highest BCUT2D eigenvalue weighted by Crippen LogP contribution is 2.37. The van der Waals surface area contributed by atoms with Gasteiger partial charge in [-0.1, -0.05) is 17.7 Å². The average molecular weight is 366 g/mol. The standard InChI is InChI=1S/C18H26N2O4S/c1-15-4-6-16(7-5-15)20(25(2,22)23)12-17(21)19-10-3-8-18(13-19)9-11-24-14-18/h4-7H,3,8-14H2,1-2H3. The van der Waals surface area contributed by atoms with Gasteiger partial charge in [-0.2, -0.15) is 0 Å². The summed E-state index contributed by atoms with van der Waals surface area (Å²) < 4.78 is 31.2. The van der Waals surface area contributed by atoms with Crippen molar-refractivity contribution in [1.82, 2.24) is 4.90 Å². The second-order valence-corrected chi connectivity index (χ2v) is 9.23. The van der Waals surface area contributed by atoms with Crippen LogP contribution in [-0.4, -0.2) is 58.3 Å². The van der Waals surface area contributed by atoms with Crippen LogP contribution in [0.2, 0.25) is 0 Å². The number of nitrogens with zero attached hydrogens (tertiary/aromatic N) is 2. The van der Waals surface area contributed by atoms with E-state index in [1.54, 1.807) is 12.1 Å². The van der Waals surface area contributed by atoms with Crippen molar-refractivity contribution in [3.8, 4) is 0 Å². The largest absolute Gasteiger partial charge is 0.381 e. The molecule has 1 atom stereocenters. The zero-order valence-corrected chi connectivity index (χ0v) is 15.7. The van der Waals surface area contributed by atoms with Crippen molar-refractivity contribution >= 4 is 21.6 Å². The number of hydrogen-bond donors (Lipinski definition) is 0. The summed E-state index contributed by atoms with van der Waals surface area (Å²) in [6.45, 7) is 4.59. The highest BCUT2D eigenvalue weighted by atomic mass is 32.2. The molecule has 2 fully saturated rings. The monoisotopic (exact) mass is 366 g/mol. The predicted molar refractivity (Wildman–Crippen MR) is 97.1 cm³/mol.